The second-order valence-electron chi connectivity index (χ2n) is 3.35. The molecule has 86 valence electrons. The highest BCUT2D eigenvalue weighted by molar-refractivity contribution is 5.16. The van der Waals surface area contributed by atoms with E-state index in [1.807, 2.05) is 6.92 Å². The van der Waals surface area contributed by atoms with Crippen molar-refractivity contribution < 1.29 is 13.2 Å². The van der Waals surface area contributed by atoms with Gasteiger partial charge < -0.3 is 5.32 Å². The normalized spacial score (nSPS) is 12.1. The lowest BCUT2D eigenvalue weighted by Crippen LogP contribution is -2.28. The molecule has 1 rings (SSSR count). The third-order valence-electron chi connectivity index (χ3n) is 1.97. The molecule has 6 heteroatoms. The molecule has 0 atom stereocenters. The lowest BCUT2D eigenvalue weighted by molar-refractivity contribution is -0.125. The van der Waals surface area contributed by atoms with Crippen molar-refractivity contribution in [3.05, 3.63) is 17.5 Å². The molecule has 0 aliphatic rings. The second kappa shape index (κ2) is 4.65. The minimum Gasteiger partial charge on any atom is -0.304 e. The van der Waals surface area contributed by atoms with Crippen molar-refractivity contribution in [2.24, 2.45) is 7.05 Å². The van der Waals surface area contributed by atoms with Crippen LogP contribution in [0.1, 0.15) is 18.2 Å². The van der Waals surface area contributed by atoms with E-state index in [0.29, 0.717) is 0 Å². The quantitative estimate of drug-likeness (QED) is 0.837. The molecule has 1 N–H and O–H groups in total. The van der Waals surface area contributed by atoms with Crippen LogP contribution in [0.3, 0.4) is 0 Å². The van der Waals surface area contributed by atoms with Gasteiger partial charge in [0.2, 0.25) is 0 Å². The third kappa shape index (κ3) is 3.91. The zero-order valence-electron chi connectivity index (χ0n) is 8.73. The van der Waals surface area contributed by atoms with Crippen molar-refractivity contribution in [3.8, 4) is 0 Å². The summed E-state index contributed by atoms with van der Waals surface area (Å²) in [6.07, 6.45) is -1.69. The van der Waals surface area contributed by atoms with Crippen LogP contribution in [-0.4, -0.2) is 22.5 Å². The lowest BCUT2D eigenvalue weighted by Gasteiger charge is -2.07. The maximum Gasteiger partial charge on any atom is 0.401 e. The van der Waals surface area contributed by atoms with Crippen molar-refractivity contribution >= 4 is 0 Å². The number of nitrogens with zero attached hydrogens (tertiary/aromatic N) is 2. The zero-order chi connectivity index (χ0) is 11.5. The molecule has 0 radical (unpaired) electrons. The van der Waals surface area contributed by atoms with Gasteiger partial charge in [0.15, 0.2) is 0 Å². The molecule has 0 saturated heterocycles. The van der Waals surface area contributed by atoms with E-state index < -0.39 is 12.7 Å². The molecule has 0 saturated carbocycles. The Morgan fingerprint density at radius 2 is 2.13 bits per heavy atom. The van der Waals surface area contributed by atoms with Crippen LogP contribution < -0.4 is 5.32 Å². The Balaban J connectivity index is 2.50. The summed E-state index contributed by atoms with van der Waals surface area (Å²) in [6.45, 7) is 1.16. The van der Waals surface area contributed by atoms with Crippen LogP contribution in [0.5, 0.6) is 0 Å². The van der Waals surface area contributed by atoms with Crippen molar-refractivity contribution in [2.45, 2.75) is 26.1 Å². The molecule has 1 heterocycles. The molecule has 0 unspecified atom stereocenters. The zero-order valence-corrected chi connectivity index (χ0v) is 8.73. The second-order valence-corrected chi connectivity index (χ2v) is 3.35. The van der Waals surface area contributed by atoms with Crippen molar-refractivity contribution in [1.82, 2.24) is 15.1 Å². The van der Waals surface area contributed by atoms with E-state index in [0.717, 1.165) is 17.7 Å². The Bertz CT molecular complexity index is 317. The van der Waals surface area contributed by atoms with E-state index in [9.17, 15) is 13.2 Å². The Hall–Kier alpha value is -1.04. The summed E-state index contributed by atoms with van der Waals surface area (Å²) < 4.78 is 37.2. The summed E-state index contributed by atoms with van der Waals surface area (Å²) in [5.41, 5.74) is 1.66. The average Bonchev–Trinajstić information content (AvgIpc) is 2.44. The monoisotopic (exact) mass is 221 g/mol. The number of hydrogen-bond donors (Lipinski definition) is 1. The lowest BCUT2D eigenvalue weighted by atomic mass is 10.2. The van der Waals surface area contributed by atoms with Gasteiger partial charge in [-0.25, -0.2) is 0 Å². The van der Waals surface area contributed by atoms with Gasteiger partial charge in [0.25, 0.3) is 0 Å². The first-order valence-electron chi connectivity index (χ1n) is 4.71. The first-order chi connectivity index (χ1) is 6.92. The number of halogens is 3. The summed E-state index contributed by atoms with van der Waals surface area (Å²) >= 11 is 0. The molecule has 0 aromatic carbocycles. The molecule has 0 amide bonds. The highest BCUT2D eigenvalue weighted by Gasteiger charge is 2.26. The van der Waals surface area contributed by atoms with Crippen LogP contribution in [0.15, 0.2) is 6.20 Å². The summed E-state index contributed by atoms with van der Waals surface area (Å²) in [6, 6.07) is 0. The molecule has 0 aliphatic heterocycles. The number of alkyl halides is 3. The number of nitrogens with one attached hydrogen (secondary N) is 1. The van der Waals surface area contributed by atoms with Crippen molar-refractivity contribution in [2.75, 3.05) is 6.54 Å². The highest BCUT2D eigenvalue weighted by atomic mass is 19.4. The maximum absolute atomic E-state index is 11.9. The summed E-state index contributed by atoms with van der Waals surface area (Å²) in [4.78, 5) is 0. The van der Waals surface area contributed by atoms with Gasteiger partial charge in [-0.2, -0.15) is 18.3 Å². The smallest absolute Gasteiger partial charge is 0.304 e. The van der Waals surface area contributed by atoms with E-state index in [1.54, 1.807) is 17.9 Å². The molecule has 0 fully saturated rings. The molecule has 1 aromatic heterocycles. The van der Waals surface area contributed by atoms with Crippen molar-refractivity contribution in [1.29, 1.82) is 0 Å². The van der Waals surface area contributed by atoms with Crippen LogP contribution >= 0.6 is 0 Å². The largest absolute Gasteiger partial charge is 0.401 e. The SMILES string of the molecule is CCc1nn(C)cc1CNCC(F)(F)F. The number of aryl methyl sites for hydroxylation is 2. The Labute approximate surface area is 86.3 Å². The third-order valence-corrected chi connectivity index (χ3v) is 1.97. The summed E-state index contributed by atoms with van der Waals surface area (Å²) in [7, 11) is 1.76. The topological polar surface area (TPSA) is 29.9 Å². The van der Waals surface area contributed by atoms with Crippen LogP contribution in [-0.2, 0) is 20.0 Å². The van der Waals surface area contributed by atoms with E-state index in [-0.39, 0.29) is 6.54 Å². The minimum absolute atomic E-state index is 0.205. The fourth-order valence-electron chi connectivity index (χ4n) is 1.37. The summed E-state index contributed by atoms with van der Waals surface area (Å²) in [5, 5.41) is 6.49. The first kappa shape index (κ1) is 12.0. The van der Waals surface area contributed by atoms with E-state index in [2.05, 4.69) is 10.4 Å². The molecule has 3 nitrogen and oxygen atoms in total. The number of rotatable bonds is 4. The van der Waals surface area contributed by atoms with Gasteiger partial charge in [-0.1, -0.05) is 6.92 Å². The molecular formula is C9H14F3N3. The Kier molecular flexibility index (Phi) is 3.73. The van der Waals surface area contributed by atoms with E-state index >= 15 is 0 Å². The van der Waals surface area contributed by atoms with Crippen LogP contribution in [0, 0.1) is 0 Å². The van der Waals surface area contributed by atoms with Gasteiger partial charge in [0, 0.05) is 25.4 Å². The van der Waals surface area contributed by atoms with Crippen LogP contribution in [0.4, 0.5) is 13.2 Å². The van der Waals surface area contributed by atoms with Gasteiger partial charge in [0.05, 0.1) is 12.2 Å². The predicted octanol–water partition coefficient (Wildman–Crippen LogP) is 1.63. The van der Waals surface area contributed by atoms with E-state index in [1.165, 1.54) is 0 Å². The number of hydrogen-bond acceptors (Lipinski definition) is 2. The molecule has 0 bridgehead atoms. The van der Waals surface area contributed by atoms with Gasteiger partial charge in [-0.05, 0) is 6.42 Å². The Morgan fingerprint density at radius 1 is 1.47 bits per heavy atom. The van der Waals surface area contributed by atoms with E-state index in [4.69, 9.17) is 0 Å². The molecule has 15 heavy (non-hydrogen) atoms. The predicted molar refractivity (Wildman–Crippen MR) is 50.3 cm³/mol. The standard InChI is InChI=1S/C9H14F3N3/c1-3-8-7(5-15(2)14-8)4-13-6-9(10,11)12/h5,13H,3-4,6H2,1-2H3. The van der Waals surface area contributed by atoms with Gasteiger partial charge in [-0.15, -0.1) is 0 Å². The first-order valence-corrected chi connectivity index (χ1v) is 4.71. The molecule has 1 aromatic rings. The Morgan fingerprint density at radius 3 is 2.67 bits per heavy atom. The van der Waals surface area contributed by atoms with Crippen LogP contribution in [0.25, 0.3) is 0 Å². The van der Waals surface area contributed by atoms with Crippen molar-refractivity contribution in [3.63, 3.8) is 0 Å². The van der Waals surface area contributed by atoms with Gasteiger partial charge in [-0.3, -0.25) is 4.68 Å². The van der Waals surface area contributed by atoms with Crippen LogP contribution in [0.2, 0.25) is 0 Å². The molecule has 0 spiro atoms. The summed E-state index contributed by atoms with van der Waals surface area (Å²) in [5.74, 6) is 0. The van der Waals surface area contributed by atoms with Gasteiger partial charge >= 0.3 is 6.18 Å². The molecular weight excluding hydrogens is 207 g/mol. The fraction of sp³-hybridized carbons (Fsp3) is 0.667. The minimum atomic E-state index is -4.16. The molecule has 0 aliphatic carbocycles. The highest BCUT2D eigenvalue weighted by Crippen LogP contribution is 2.13. The average molecular weight is 221 g/mol. The van der Waals surface area contributed by atoms with Gasteiger partial charge in [0.1, 0.15) is 0 Å². The maximum atomic E-state index is 11.9. The fourth-order valence-corrected chi connectivity index (χ4v) is 1.37. The number of aromatic nitrogens is 2.